The van der Waals surface area contributed by atoms with Crippen LogP contribution in [0.25, 0.3) is 0 Å². The van der Waals surface area contributed by atoms with Crippen LogP contribution in [-0.4, -0.2) is 37.6 Å². The molecule has 7 nitrogen and oxygen atoms in total. The van der Waals surface area contributed by atoms with Crippen molar-refractivity contribution in [3.63, 3.8) is 0 Å². The first-order valence-corrected chi connectivity index (χ1v) is 8.43. The van der Waals surface area contributed by atoms with Crippen molar-refractivity contribution in [1.82, 2.24) is 4.31 Å². The van der Waals surface area contributed by atoms with Gasteiger partial charge in [0, 0.05) is 0 Å². The zero-order valence-electron chi connectivity index (χ0n) is 12.1. The van der Waals surface area contributed by atoms with E-state index in [1.165, 1.54) is 6.07 Å². The third kappa shape index (κ3) is 3.63. The Bertz CT molecular complexity index is 684. The van der Waals surface area contributed by atoms with Crippen molar-refractivity contribution < 1.29 is 18.0 Å². The van der Waals surface area contributed by atoms with Crippen LogP contribution in [0.2, 0.25) is 0 Å². The van der Waals surface area contributed by atoms with Crippen molar-refractivity contribution in [2.75, 3.05) is 13.1 Å². The number of nitrogens with zero attached hydrogens (tertiary/aromatic N) is 1. The number of hydrogen-bond acceptors (Lipinski definition) is 4. The number of nitrogens with two attached hydrogens (primary N) is 2. The fraction of sp³-hybridized carbons (Fsp3) is 0.429. The van der Waals surface area contributed by atoms with Crippen molar-refractivity contribution in [2.24, 2.45) is 11.5 Å². The van der Waals surface area contributed by atoms with Gasteiger partial charge in [0.05, 0.1) is 18.0 Å². The van der Waals surface area contributed by atoms with E-state index in [4.69, 9.17) is 11.5 Å². The summed E-state index contributed by atoms with van der Waals surface area (Å²) in [5.41, 5.74) is 12.2. The van der Waals surface area contributed by atoms with Crippen molar-refractivity contribution in [1.29, 1.82) is 0 Å². The highest BCUT2D eigenvalue weighted by Gasteiger charge is 2.28. The first kappa shape index (κ1) is 16.4. The van der Waals surface area contributed by atoms with Crippen LogP contribution in [0.15, 0.2) is 23.1 Å². The topological polar surface area (TPSA) is 124 Å². The van der Waals surface area contributed by atoms with Gasteiger partial charge in [-0.15, -0.1) is 0 Å². The Hall–Kier alpha value is -1.93. The fourth-order valence-electron chi connectivity index (χ4n) is 2.59. The molecule has 22 heavy (non-hydrogen) atoms. The highest BCUT2D eigenvalue weighted by molar-refractivity contribution is 7.89. The van der Waals surface area contributed by atoms with Gasteiger partial charge in [0.1, 0.15) is 0 Å². The van der Waals surface area contributed by atoms with E-state index in [9.17, 15) is 18.0 Å². The average molecular weight is 325 g/mol. The van der Waals surface area contributed by atoms with E-state index in [2.05, 4.69) is 0 Å². The van der Waals surface area contributed by atoms with Gasteiger partial charge in [0.2, 0.25) is 21.8 Å². The maximum absolute atomic E-state index is 12.6. The van der Waals surface area contributed by atoms with Gasteiger partial charge in [0.25, 0.3) is 0 Å². The van der Waals surface area contributed by atoms with Crippen LogP contribution in [0, 0.1) is 0 Å². The minimum Gasteiger partial charge on any atom is -0.369 e. The lowest BCUT2D eigenvalue weighted by Crippen LogP contribution is -2.43. The molecule has 120 valence electrons. The maximum Gasteiger partial charge on any atom is 0.244 e. The van der Waals surface area contributed by atoms with Gasteiger partial charge >= 0.3 is 0 Å². The van der Waals surface area contributed by atoms with E-state index in [0.717, 1.165) is 36.8 Å². The molecule has 4 N–H and O–H groups in total. The number of benzene rings is 1. The summed E-state index contributed by atoms with van der Waals surface area (Å²) in [4.78, 5) is 22.2. The normalized spacial score (nSPS) is 14.6. The molecule has 1 aromatic rings. The molecule has 1 aromatic carbocycles. The standard InChI is InChI=1S/C14H19N3O4S/c15-13(18)8-17(9-14(16)19)22(20,21)12-6-5-10-3-1-2-4-11(10)7-12/h5-7H,1-4,8-9H2,(H2,15,18)(H2,16,19). The van der Waals surface area contributed by atoms with Gasteiger partial charge < -0.3 is 11.5 Å². The van der Waals surface area contributed by atoms with Crippen LogP contribution in [0.4, 0.5) is 0 Å². The number of primary amides is 2. The van der Waals surface area contributed by atoms with Gasteiger partial charge in [-0.2, -0.15) is 4.31 Å². The van der Waals surface area contributed by atoms with Gasteiger partial charge in [-0.1, -0.05) is 6.07 Å². The second kappa shape index (κ2) is 6.45. The lowest BCUT2D eigenvalue weighted by atomic mass is 9.92. The van der Waals surface area contributed by atoms with E-state index in [-0.39, 0.29) is 4.90 Å². The Labute approximate surface area is 129 Å². The quantitative estimate of drug-likeness (QED) is 0.733. The van der Waals surface area contributed by atoms with Crippen molar-refractivity contribution in [3.05, 3.63) is 29.3 Å². The predicted octanol–water partition coefficient (Wildman–Crippen LogP) is -0.473. The molecule has 0 atom stereocenters. The number of amides is 2. The van der Waals surface area contributed by atoms with E-state index in [1.54, 1.807) is 12.1 Å². The van der Waals surface area contributed by atoms with E-state index in [1.807, 2.05) is 0 Å². The van der Waals surface area contributed by atoms with Crippen molar-refractivity contribution in [2.45, 2.75) is 30.6 Å². The summed E-state index contributed by atoms with van der Waals surface area (Å²) in [7, 11) is -3.99. The lowest BCUT2D eigenvalue weighted by molar-refractivity contribution is -0.120. The van der Waals surface area contributed by atoms with Crippen LogP contribution < -0.4 is 11.5 Å². The number of aryl methyl sites for hydroxylation is 2. The van der Waals surface area contributed by atoms with Crippen LogP contribution in [-0.2, 0) is 32.5 Å². The zero-order valence-corrected chi connectivity index (χ0v) is 12.9. The first-order chi connectivity index (χ1) is 10.3. The summed E-state index contributed by atoms with van der Waals surface area (Å²) in [5, 5.41) is 0. The summed E-state index contributed by atoms with van der Waals surface area (Å²) < 4.78 is 25.9. The summed E-state index contributed by atoms with van der Waals surface area (Å²) in [5.74, 6) is -1.69. The highest BCUT2D eigenvalue weighted by Crippen LogP contribution is 2.25. The molecule has 0 unspecified atom stereocenters. The molecule has 1 aliphatic carbocycles. The molecular formula is C14H19N3O4S. The van der Waals surface area contributed by atoms with Crippen molar-refractivity contribution >= 4 is 21.8 Å². The van der Waals surface area contributed by atoms with Crippen LogP contribution in [0.5, 0.6) is 0 Å². The molecular weight excluding hydrogens is 306 g/mol. The lowest BCUT2D eigenvalue weighted by Gasteiger charge is -2.21. The number of fused-ring (bicyclic) bond motifs is 1. The summed E-state index contributed by atoms with van der Waals surface area (Å²) in [6, 6.07) is 4.89. The number of carbonyl (C=O) groups excluding carboxylic acids is 2. The summed E-state index contributed by atoms with van der Waals surface area (Å²) >= 11 is 0. The van der Waals surface area contributed by atoms with E-state index < -0.39 is 34.9 Å². The van der Waals surface area contributed by atoms with Gasteiger partial charge in [-0.05, 0) is 48.9 Å². The molecule has 0 saturated carbocycles. The van der Waals surface area contributed by atoms with E-state index in [0.29, 0.717) is 4.31 Å². The maximum atomic E-state index is 12.6. The first-order valence-electron chi connectivity index (χ1n) is 6.99. The van der Waals surface area contributed by atoms with Gasteiger partial charge in [-0.3, -0.25) is 9.59 Å². The number of sulfonamides is 1. The molecule has 0 spiro atoms. The largest absolute Gasteiger partial charge is 0.369 e. The molecule has 0 heterocycles. The summed E-state index contributed by atoms with van der Waals surface area (Å²) in [6.07, 6.45) is 3.86. The number of carbonyl (C=O) groups is 2. The highest BCUT2D eigenvalue weighted by atomic mass is 32.2. The number of hydrogen-bond donors (Lipinski definition) is 2. The fourth-order valence-corrected chi connectivity index (χ4v) is 4.02. The van der Waals surface area contributed by atoms with Crippen LogP contribution in [0.1, 0.15) is 24.0 Å². The smallest absolute Gasteiger partial charge is 0.244 e. The molecule has 0 aliphatic heterocycles. The predicted molar refractivity (Wildman–Crippen MR) is 80.2 cm³/mol. The van der Waals surface area contributed by atoms with E-state index >= 15 is 0 Å². The molecule has 0 saturated heterocycles. The molecule has 0 aromatic heterocycles. The number of rotatable bonds is 6. The molecule has 1 aliphatic rings. The Balaban J connectivity index is 2.37. The van der Waals surface area contributed by atoms with Crippen molar-refractivity contribution in [3.8, 4) is 0 Å². The monoisotopic (exact) mass is 325 g/mol. The molecule has 0 fully saturated rings. The zero-order chi connectivity index (χ0) is 16.3. The summed E-state index contributed by atoms with van der Waals surface area (Å²) in [6.45, 7) is -1.16. The minimum atomic E-state index is -3.99. The molecule has 0 bridgehead atoms. The molecule has 2 rings (SSSR count). The molecule has 8 heteroatoms. The van der Waals surface area contributed by atoms with Gasteiger partial charge in [-0.25, -0.2) is 8.42 Å². The van der Waals surface area contributed by atoms with Crippen LogP contribution >= 0.6 is 0 Å². The minimum absolute atomic E-state index is 0.0515. The second-order valence-electron chi connectivity index (χ2n) is 5.34. The SMILES string of the molecule is NC(=O)CN(CC(N)=O)S(=O)(=O)c1ccc2c(c1)CCCC2. The third-order valence-electron chi connectivity index (χ3n) is 3.62. The molecule has 2 amide bonds. The Kier molecular flexibility index (Phi) is 4.82. The Morgan fingerprint density at radius 3 is 2.09 bits per heavy atom. The second-order valence-corrected chi connectivity index (χ2v) is 7.28. The van der Waals surface area contributed by atoms with Gasteiger partial charge in [0.15, 0.2) is 0 Å². The Morgan fingerprint density at radius 2 is 1.55 bits per heavy atom. The molecule has 0 radical (unpaired) electrons. The Morgan fingerprint density at radius 1 is 1.00 bits per heavy atom. The average Bonchev–Trinajstić information content (AvgIpc) is 2.45. The van der Waals surface area contributed by atoms with Crippen LogP contribution in [0.3, 0.4) is 0 Å². The third-order valence-corrected chi connectivity index (χ3v) is 5.41.